The number of thiophene rings is 1. The molecule has 0 unspecified atom stereocenters. The molecule has 0 saturated carbocycles. The van der Waals surface area contributed by atoms with Crippen molar-refractivity contribution >= 4 is 67.8 Å². The lowest BCUT2D eigenvalue weighted by molar-refractivity contribution is 0.0958. The third-order valence-corrected chi connectivity index (χ3v) is 7.21. The zero-order valence-electron chi connectivity index (χ0n) is 18.2. The molecule has 2 heterocycles. The van der Waals surface area contributed by atoms with Gasteiger partial charge in [0.1, 0.15) is 4.88 Å². The number of anilines is 1. The van der Waals surface area contributed by atoms with E-state index in [4.69, 9.17) is 32.7 Å². The number of rotatable bonds is 5. The maximum Gasteiger partial charge on any atom is 0.283 e. The predicted octanol–water partition coefficient (Wildman–Crippen LogP) is 6.34. The average Bonchev–Trinajstić information content (AvgIpc) is 3.46. The van der Waals surface area contributed by atoms with Crippen molar-refractivity contribution in [3.05, 3.63) is 86.7 Å². The number of fused-ring (bicyclic) bond motifs is 2. The van der Waals surface area contributed by atoms with E-state index in [9.17, 15) is 9.59 Å². The summed E-state index contributed by atoms with van der Waals surface area (Å²) in [5, 5.41) is 8.75. The average molecular weight is 526 g/mol. The molecule has 35 heavy (non-hydrogen) atoms. The van der Waals surface area contributed by atoms with Gasteiger partial charge in [-0.15, -0.1) is 11.3 Å². The van der Waals surface area contributed by atoms with Crippen LogP contribution in [0.2, 0.25) is 10.0 Å². The van der Waals surface area contributed by atoms with Crippen molar-refractivity contribution in [1.29, 1.82) is 0 Å². The van der Waals surface area contributed by atoms with Crippen LogP contribution in [0.25, 0.3) is 10.1 Å². The Bertz CT molecular complexity index is 1500. The van der Waals surface area contributed by atoms with E-state index < -0.39 is 5.91 Å². The highest BCUT2D eigenvalue weighted by atomic mass is 35.5. The van der Waals surface area contributed by atoms with E-state index in [1.807, 2.05) is 0 Å². The Balaban J connectivity index is 1.24. The smallest absolute Gasteiger partial charge is 0.283 e. The summed E-state index contributed by atoms with van der Waals surface area (Å²) in [6.07, 6.45) is 0. The van der Waals surface area contributed by atoms with Gasteiger partial charge in [0.25, 0.3) is 11.8 Å². The zero-order chi connectivity index (χ0) is 24.5. The van der Waals surface area contributed by atoms with Gasteiger partial charge < -0.3 is 14.8 Å². The first-order valence-electron chi connectivity index (χ1n) is 10.4. The topological polar surface area (TPSA) is 89.0 Å². The monoisotopic (exact) mass is 525 g/mol. The summed E-state index contributed by atoms with van der Waals surface area (Å²) in [4.78, 5) is 25.6. The van der Waals surface area contributed by atoms with Crippen LogP contribution in [0.4, 0.5) is 5.69 Å². The molecule has 0 fully saturated rings. The largest absolute Gasteiger partial charge is 0.454 e. The molecule has 1 aliphatic rings. The Labute approximate surface area is 214 Å². The molecule has 0 aliphatic carbocycles. The van der Waals surface area contributed by atoms with Gasteiger partial charge in [-0.1, -0.05) is 41.4 Å². The number of nitrogens with one attached hydrogen (secondary N) is 2. The lowest BCUT2D eigenvalue weighted by Gasteiger charge is -2.07. The van der Waals surface area contributed by atoms with Crippen LogP contribution in [0.1, 0.15) is 32.5 Å². The van der Waals surface area contributed by atoms with Crippen LogP contribution < -0.4 is 20.2 Å². The summed E-state index contributed by atoms with van der Waals surface area (Å²) >= 11 is 13.7. The van der Waals surface area contributed by atoms with E-state index in [2.05, 4.69) is 15.8 Å². The third-order valence-electron chi connectivity index (χ3n) is 5.32. The highest BCUT2D eigenvalue weighted by molar-refractivity contribution is 7.21. The molecule has 10 heteroatoms. The fourth-order valence-corrected chi connectivity index (χ4v) is 5.15. The van der Waals surface area contributed by atoms with E-state index in [0.717, 1.165) is 15.6 Å². The maximum absolute atomic E-state index is 12.6. The molecule has 4 aromatic rings. The normalized spacial score (nSPS) is 12.6. The number of benzene rings is 3. The lowest BCUT2D eigenvalue weighted by atomic mass is 10.1. The van der Waals surface area contributed by atoms with Crippen molar-refractivity contribution in [2.45, 2.75) is 6.92 Å². The molecule has 2 N–H and O–H groups in total. The standard InChI is InChI=1S/C25H17Cl2N3O4S/c1-13(29-30-25(32)23-22(27)18-8-5-16(26)11-21(18)35-23)14-2-6-17(7-3-14)28-24(31)15-4-9-19-20(10-15)34-12-33-19/h2-11H,12H2,1H3,(H,28,31)(H,30,32). The molecule has 7 nitrogen and oxygen atoms in total. The van der Waals surface area contributed by atoms with Gasteiger partial charge in [-0.25, -0.2) is 5.43 Å². The summed E-state index contributed by atoms with van der Waals surface area (Å²) in [7, 11) is 0. The molecular formula is C25H17Cl2N3O4S. The number of amides is 2. The lowest BCUT2D eigenvalue weighted by Crippen LogP contribution is -2.18. The second-order valence-electron chi connectivity index (χ2n) is 7.62. The number of carbonyl (C=O) groups excluding carboxylic acids is 2. The van der Waals surface area contributed by atoms with Crippen LogP contribution in [0.3, 0.4) is 0 Å². The second kappa shape index (κ2) is 9.58. The number of hydrogen-bond donors (Lipinski definition) is 2. The van der Waals surface area contributed by atoms with Gasteiger partial charge in [0.15, 0.2) is 11.5 Å². The summed E-state index contributed by atoms with van der Waals surface area (Å²) in [5.74, 6) is 0.490. The van der Waals surface area contributed by atoms with Crippen LogP contribution in [-0.2, 0) is 0 Å². The fourth-order valence-electron chi connectivity index (χ4n) is 3.47. The van der Waals surface area contributed by atoms with Gasteiger partial charge in [-0.2, -0.15) is 5.10 Å². The van der Waals surface area contributed by atoms with Gasteiger partial charge in [0.2, 0.25) is 6.79 Å². The molecule has 0 saturated heterocycles. The highest BCUT2D eigenvalue weighted by Gasteiger charge is 2.18. The van der Waals surface area contributed by atoms with E-state index in [-0.39, 0.29) is 12.7 Å². The van der Waals surface area contributed by atoms with Crippen molar-refractivity contribution in [1.82, 2.24) is 5.43 Å². The minimum absolute atomic E-state index is 0.148. The van der Waals surface area contributed by atoms with Gasteiger partial charge in [0.05, 0.1) is 10.7 Å². The van der Waals surface area contributed by atoms with Crippen LogP contribution >= 0.6 is 34.5 Å². The molecule has 2 amide bonds. The summed E-state index contributed by atoms with van der Waals surface area (Å²) in [5.41, 5.74) is 4.99. The highest BCUT2D eigenvalue weighted by Crippen LogP contribution is 2.36. The van der Waals surface area contributed by atoms with Crippen LogP contribution in [0, 0.1) is 0 Å². The number of carbonyl (C=O) groups is 2. The Hall–Kier alpha value is -3.59. The quantitative estimate of drug-likeness (QED) is 0.235. The summed E-state index contributed by atoms with van der Waals surface area (Å²) in [6.45, 7) is 1.92. The fraction of sp³-hybridized carbons (Fsp3) is 0.0800. The van der Waals surface area contributed by atoms with E-state index >= 15 is 0 Å². The van der Waals surface area contributed by atoms with Crippen molar-refractivity contribution in [2.24, 2.45) is 5.10 Å². The first-order chi connectivity index (χ1) is 16.9. The van der Waals surface area contributed by atoms with Gasteiger partial charge in [-0.3, -0.25) is 9.59 Å². The van der Waals surface area contributed by atoms with Gasteiger partial charge in [-0.05, 0) is 55.0 Å². The number of halogens is 2. The van der Waals surface area contributed by atoms with E-state index in [1.54, 1.807) is 67.6 Å². The SMILES string of the molecule is CC(=NNC(=O)c1sc2cc(Cl)ccc2c1Cl)c1ccc(NC(=O)c2ccc3c(c2)OCO3)cc1. The maximum atomic E-state index is 12.6. The predicted molar refractivity (Wildman–Crippen MR) is 138 cm³/mol. The molecule has 0 spiro atoms. The molecule has 0 radical (unpaired) electrons. The molecule has 0 bridgehead atoms. The third kappa shape index (κ3) is 4.81. The minimum Gasteiger partial charge on any atom is -0.454 e. The molecule has 1 aliphatic heterocycles. The van der Waals surface area contributed by atoms with Crippen molar-refractivity contribution in [3.8, 4) is 11.5 Å². The zero-order valence-corrected chi connectivity index (χ0v) is 20.6. The van der Waals surface area contributed by atoms with Crippen LogP contribution in [0.5, 0.6) is 11.5 Å². The van der Waals surface area contributed by atoms with E-state index in [0.29, 0.717) is 43.4 Å². The first kappa shape index (κ1) is 23.2. The second-order valence-corrected chi connectivity index (χ2v) is 9.49. The number of hydrazone groups is 1. The molecule has 0 atom stereocenters. The number of hydrogen-bond acceptors (Lipinski definition) is 6. The summed E-state index contributed by atoms with van der Waals surface area (Å²) in [6, 6.07) is 17.4. The minimum atomic E-state index is -0.403. The van der Waals surface area contributed by atoms with Crippen molar-refractivity contribution < 1.29 is 19.1 Å². The molecular weight excluding hydrogens is 509 g/mol. The Morgan fingerprint density at radius 2 is 1.66 bits per heavy atom. The number of nitrogens with zero attached hydrogens (tertiary/aromatic N) is 1. The van der Waals surface area contributed by atoms with Crippen LogP contribution in [-0.4, -0.2) is 24.3 Å². The van der Waals surface area contributed by atoms with Crippen molar-refractivity contribution in [2.75, 3.05) is 12.1 Å². The first-order valence-corrected chi connectivity index (χ1v) is 12.0. The Morgan fingerprint density at radius 1 is 0.914 bits per heavy atom. The number of ether oxygens (including phenoxy) is 2. The molecule has 176 valence electrons. The Kier molecular flexibility index (Phi) is 6.34. The van der Waals surface area contributed by atoms with Crippen LogP contribution in [0.15, 0.2) is 65.8 Å². The van der Waals surface area contributed by atoms with Crippen molar-refractivity contribution in [3.63, 3.8) is 0 Å². The molecule has 1 aromatic heterocycles. The molecule has 5 rings (SSSR count). The molecule has 3 aromatic carbocycles. The van der Waals surface area contributed by atoms with E-state index in [1.165, 1.54) is 11.3 Å². The van der Waals surface area contributed by atoms with Gasteiger partial charge in [0, 0.05) is 26.4 Å². The van der Waals surface area contributed by atoms with Gasteiger partial charge >= 0.3 is 0 Å². The summed E-state index contributed by atoms with van der Waals surface area (Å²) < 4.78 is 11.4. The Morgan fingerprint density at radius 3 is 2.46 bits per heavy atom.